The summed E-state index contributed by atoms with van der Waals surface area (Å²) >= 11 is 1.82. The zero-order valence-corrected chi connectivity index (χ0v) is 14.1. The summed E-state index contributed by atoms with van der Waals surface area (Å²) in [6, 6.07) is 10.6. The Morgan fingerprint density at radius 2 is 1.82 bits per heavy atom. The summed E-state index contributed by atoms with van der Waals surface area (Å²) in [6.07, 6.45) is 6.14. The lowest BCUT2D eigenvalue weighted by molar-refractivity contribution is -0.128. The monoisotopic (exact) mass is 318 g/mol. The largest absolute Gasteiger partial charge is 0.329 e. The molecule has 3 nitrogen and oxygen atoms in total. The number of carbonyl (C=O) groups excluding carboxylic acids is 1. The van der Waals surface area contributed by atoms with Gasteiger partial charge in [-0.25, -0.2) is 0 Å². The Balaban J connectivity index is 1.48. The smallest absolute Gasteiger partial charge is 0.233 e. The van der Waals surface area contributed by atoms with Crippen LogP contribution in [0.25, 0.3) is 0 Å². The van der Waals surface area contributed by atoms with Gasteiger partial charge in [-0.3, -0.25) is 4.79 Å². The first-order valence-corrected chi connectivity index (χ1v) is 9.55. The summed E-state index contributed by atoms with van der Waals surface area (Å²) in [5.74, 6) is 1.000. The molecular weight excluding hydrogens is 292 g/mol. The SMILES string of the molecule is O=C1CSC(CCc2ccccc2)N1CCN1CCCCC1. The number of piperidine rings is 1. The zero-order valence-electron chi connectivity index (χ0n) is 13.2. The molecule has 0 aromatic heterocycles. The van der Waals surface area contributed by atoms with Crippen LogP contribution in [-0.2, 0) is 11.2 Å². The van der Waals surface area contributed by atoms with E-state index in [0.29, 0.717) is 17.0 Å². The van der Waals surface area contributed by atoms with Crippen LogP contribution in [0.1, 0.15) is 31.2 Å². The van der Waals surface area contributed by atoms with Crippen LogP contribution in [0.3, 0.4) is 0 Å². The molecule has 0 N–H and O–H groups in total. The molecule has 0 bridgehead atoms. The van der Waals surface area contributed by atoms with Gasteiger partial charge in [-0.15, -0.1) is 11.8 Å². The molecule has 1 aromatic carbocycles. The Morgan fingerprint density at radius 3 is 2.59 bits per heavy atom. The van der Waals surface area contributed by atoms with Crippen molar-refractivity contribution < 1.29 is 4.79 Å². The maximum absolute atomic E-state index is 12.2. The van der Waals surface area contributed by atoms with Gasteiger partial charge in [-0.2, -0.15) is 0 Å². The quantitative estimate of drug-likeness (QED) is 0.805. The number of likely N-dealkylation sites (tertiary alicyclic amines) is 1. The van der Waals surface area contributed by atoms with E-state index in [1.807, 2.05) is 11.8 Å². The van der Waals surface area contributed by atoms with Crippen molar-refractivity contribution >= 4 is 17.7 Å². The molecule has 1 unspecified atom stereocenters. The van der Waals surface area contributed by atoms with Gasteiger partial charge in [0.25, 0.3) is 0 Å². The number of nitrogens with zero attached hydrogens (tertiary/aromatic N) is 2. The van der Waals surface area contributed by atoms with Crippen molar-refractivity contribution in [3.05, 3.63) is 35.9 Å². The van der Waals surface area contributed by atoms with Crippen LogP contribution < -0.4 is 0 Å². The maximum atomic E-state index is 12.2. The van der Waals surface area contributed by atoms with Crippen LogP contribution in [-0.4, -0.2) is 53.0 Å². The van der Waals surface area contributed by atoms with Gasteiger partial charge in [-0.1, -0.05) is 36.8 Å². The van der Waals surface area contributed by atoms with E-state index in [2.05, 4.69) is 40.1 Å². The second kappa shape index (κ2) is 8.02. The van der Waals surface area contributed by atoms with Crippen LogP contribution in [0.2, 0.25) is 0 Å². The van der Waals surface area contributed by atoms with E-state index in [-0.39, 0.29) is 0 Å². The highest BCUT2D eigenvalue weighted by Gasteiger charge is 2.31. The first kappa shape index (κ1) is 15.9. The van der Waals surface area contributed by atoms with Gasteiger partial charge in [0.2, 0.25) is 5.91 Å². The van der Waals surface area contributed by atoms with Crippen molar-refractivity contribution in [3.8, 4) is 0 Å². The first-order valence-electron chi connectivity index (χ1n) is 8.50. The molecule has 4 heteroatoms. The van der Waals surface area contributed by atoms with E-state index in [9.17, 15) is 4.79 Å². The summed E-state index contributed by atoms with van der Waals surface area (Å²) in [5.41, 5.74) is 1.37. The molecule has 0 aliphatic carbocycles. The van der Waals surface area contributed by atoms with Crippen LogP contribution in [0.15, 0.2) is 30.3 Å². The van der Waals surface area contributed by atoms with Gasteiger partial charge in [0.15, 0.2) is 0 Å². The lowest BCUT2D eigenvalue weighted by atomic mass is 10.1. The van der Waals surface area contributed by atoms with Crippen molar-refractivity contribution in [2.45, 2.75) is 37.5 Å². The average molecular weight is 318 g/mol. The van der Waals surface area contributed by atoms with Gasteiger partial charge >= 0.3 is 0 Å². The minimum absolute atomic E-state index is 0.333. The van der Waals surface area contributed by atoms with E-state index in [0.717, 1.165) is 25.9 Å². The Labute approximate surface area is 138 Å². The van der Waals surface area contributed by atoms with Crippen LogP contribution in [0, 0.1) is 0 Å². The predicted octanol–water partition coefficient (Wildman–Crippen LogP) is 3.01. The first-order chi connectivity index (χ1) is 10.8. The summed E-state index contributed by atoms with van der Waals surface area (Å²) in [7, 11) is 0. The Morgan fingerprint density at radius 1 is 1.05 bits per heavy atom. The number of amides is 1. The third kappa shape index (κ3) is 4.26. The van der Waals surface area contributed by atoms with Crippen molar-refractivity contribution in [1.29, 1.82) is 0 Å². The molecular formula is C18H26N2OS. The van der Waals surface area contributed by atoms with Gasteiger partial charge in [-0.05, 0) is 44.3 Å². The minimum atomic E-state index is 0.333. The van der Waals surface area contributed by atoms with Gasteiger partial charge in [0, 0.05) is 13.1 Å². The summed E-state index contributed by atoms with van der Waals surface area (Å²) in [4.78, 5) is 16.8. The molecule has 0 saturated carbocycles. The van der Waals surface area contributed by atoms with E-state index in [4.69, 9.17) is 0 Å². The molecule has 1 amide bonds. The number of hydrogen-bond donors (Lipinski definition) is 0. The fourth-order valence-corrected chi connectivity index (χ4v) is 4.56. The molecule has 2 heterocycles. The summed E-state index contributed by atoms with van der Waals surface area (Å²) in [6.45, 7) is 4.38. The lowest BCUT2D eigenvalue weighted by Crippen LogP contribution is -2.41. The van der Waals surface area contributed by atoms with Crippen LogP contribution >= 0.6 is 11.8 Å². The van der Waals surface area contributed by atoms with Gasteiger partial charge in [0.05, 0.1) is 11.1 Å². The molecule has 2 aliphatic rings. The van der Waals surface area contributed by atoms with E-state index in [1.165, 1.54) is 37.9 Å². The van der Waals surface area contributed by atoms with Crippen LogP contribution in [0.4, 0.5) is 0 Å². The predicted molar refractivity (Wildman–Crippen MR) is 93.0 cm³/mol. The fourth-order valence-electron chi connectivity index (χ4n) is 3.38. The summed E-state index contributed by atoms with van der Waals surface area (Å²) in [5, 5.41) is 0.373. The second-order valence-electron chi connectivity index (χ2n) is 6.28. The van der Waals surface area contributed by atoms with Gasteiger partial charge < -0.3 is 9.80 Å². The lowest BCUT2D eigenvalue weighted by Gasteiger charge is -2.30. The number of hydrogen-bond acceptors (Lipinski definition) is 3. The third-order valence-electron chi connectivity index (χ3n) is 4.70. The number of aryl methyl sites for hydroxylation is 1. The molecule has 3 rings (SSSR count). The zero-order chi connectivity index (χ0) is 15.2. The van der Waals surface area contributed by atoms with Crippen LogP contribution in [0.5, 0.6) is 0 Å². The highest BCUT2D eigenvalue weighted by atomic mass is 32.2. The third-order valence-corrected chi connectivity index (χ3v) is 5.98. The summed E-state index contributed by atoms with van der Waals surface area (Å²) < 4.78 is 0. The topological polar surface area (TPSA) is 23.6 Å². The van der Waals surface area contributed by atoms with Crippen molar-refractivity contribution in [2.75, 3.05) is 31.9 Å². The molecule has 120 valence electrons. The molecule has 22 heavy (non-hydrogen) atoms. The van der Waals surface area contributed by atoms with E-state index in [1.54, 1.807) is 0 Å². The fraction of sp³-hybridized carbons (Fsp3) is 0.611. The molecule has 2 saturated heterocycles. The highest BCUT2D eigenvalue weighted by Crippen LogP contribution is 2.28. The number of thioether (sulfide) groups is 1. The minimum Gasteiger partial charge on any atom is -0.329 e. The molecule has 0 radical (unpaired) electrons. The molecule has 0 spiro atoms. The molecule has 2 fully saturated rings. The Bertz CT molecular complexity index is 473. The molecule has 2 aliphatic heterocycles. The maximum Gasteiger partial charge on any atom is 0.233 e. The normalized spacial score (nSPS) is 23.2. The Kier molecular flexibility index (Phi) is 5.79. The Hall–Kier alpha value is -1.00. The highest BCUT2D eigenvalue weighted by molar-refractivity contribution is 8.00. The van der Waals surface area contributed by atoms with Crippen molar-refractivity contribution in [1.82, 2.24) is 9.80 Å². The number of rotatable bonds is 6. The van der Waals surface area contributed by atoms with E-state index < -0.39 is 0 Å². The van der Waals surface area contributed by atoms with Crippen molar-refractivity contribution in [3.63, 3.8) is 0 Å². The number of carbonyl (C=O) groups is 1. The second-order valence-corrected chi connectivity index (χ2v) is 7.45. The van der Waals surface area contributed by atoms with Crippen molar-refractivity contribution in [2.24, 2.45) is 0 Å². The average Bonchev–Trinajstić information content (AvgIpc) is 2.93. The van der Waals surface area contributed by atoms with E-state index >= 15 is 0 Å². The molecule has 1 atom stereocenters. The van der Waals surface area contributed by atoms with Gasteiger partial charge in [0.1, 0.15) is 0 Å². The standard InChI is InChI=1S/C18H26N2OS/c21-17-15-22-18(10-9-16-7-3-1-4-8-16)20(17)14-13-19-11-5-2-6-12-19/h1,3-4,7-8,18H,2,5-6,9-15H2. The molecule has 1 aromatic rings. The number of benzene rings is 1.